The highest BCUT2D eigenvalue weighted by Gasteiger charge is 2.18. The Balaban J connectivity index is 2.08. The van der Waals surface area contributed by atoms with Crippen molar-refractivity contribution in [2.24, 2.45) is 0 Å². The SMILES string of the molecule is COCC(CNC(c1cccs1)c1ccc(Cl)s1)OC. The lowest BCUT2D eigenvalue weighted by Crippen LogP contribution is -2.34. The molecular formula is C14H18ClNO2S2. The summed E-state index contributed by atoms with van der Waals surface area (Å²) in [5.74, 6) is 0. The maximum absolute atomic E-state index is 6.06. The highest BCUT2D eigenvalue weighted by molar-refractivity contribution is 7.16. The van der Waals surface area contributed by atoms with Crippen LogP contribution in [0.2, 0.25) is 4.34 Å². The second-order valence-corrected chi connectivity index (χ2v) is 7.04. The van der Waals surface area contributed by atoms with Gasteiger partial charge in [-0.15, -0.1) is 22.7 Å². The van der Waals surface area contributed by atoms with Crippen LogP contribution in [0.5, 0.6) is 0 Å². The fourth-order valence-electron chi connectivity index (χ4n) is 1.93. The van der Waals surface area contributed by atoms with E-state index in [0.717, 1.165) is 10.9 Å². The molecule has 2 aromatic rings. The average Bonchev–Trinajstić information content (AvgIpc) is 3.10. The van der Waals surface area contributed by atoms with Crippen molar-refractivity contribution in [3.05, 3.63) is 43.7 Å². The minimum atomic E-state index is 0.0397. The van der Waals surface area contributed by atoms with Crippen LogP contribution >= 0.6 is 34.3 Å². The Morgan fingerprint density at radius 2 is 2.10 bits per heavy atom. The van der Waals surface area contributed by atoms with Crippen LogP contribution < -0.4 is 5.32 Å². The molecule has 0 aliphatic rings. The van der Waals surface area contributed by atoms with Gasteiger partial charge in [0.15, 0.2) is 0 Å². The first kappa shape index (κ1) is 15.9. The molecule has 0 aromatic carbocycles. The third kappa shape index (κ3) is 4.28. The fraction of sp³-hybridized carbons (Fsp3) is 0.429. The van der Waals surface area contributed by atoms with Crippen LogP contribution in [0.3, 0.4) is 0 Å². The Hall–Kier alpha value is -0.430. The third-order valence-corrected chi connectivity index (χ3v) is 5.17. The quantitative estimate of drug-likeness (QED) is 0.798. The van der Waals surface area contributed by atoms with E-state index >= 15 is 0 Å². The van der Waals surface area contributed by atoms with Crippen LogP contribution in [0.1, 0.15) is 15.8 Å². The second-order valence-electron chi connectivity index (χ2n) is 4.31. The van der Waals surface area contributed by atoms with Crippen molar-refractivity contribution in [2.75, 3.05) is 27.4 Å². The molecule has 2 rings (SSSR count). The lowest BCUT2D eigenvalue weighted by Gasteiger charge is -2.20. The molecule has 2 aromatic heterocycles. The van der Waals surface area contributed by atoms with Gasteiger partial charge in [0.05, 0.1) is 23.1 Å². The Bertz CT molecular complexity index is 501. The van der Waals surface area contributed by atoms with Crippen molar-refractivity contribution in [2.45, 2.75) is 12.1 Å². The van der Waals surface area contributed by atoms with E-state index in [0.29, 0.717) is 6.61 Å². The first-order valence-corrected chi connectivity index (χ1v) is 8.35. The van der Waals surface area contributed by atoms with Gasteiger partial charge in [-0.3, -0.25) is 0 Å². The summed E-state index contributed by atoms with van der Waals surface area (Å²) < 4.78 is 11.3. The van der Waals surface area contributed by atoms with Gasteiger partial charge in [0.25, 0.3) is 0 Å². The van der Waals surface area contributed by atoms with Crippen LogP contribution in [0.15, 0.2) is 29.6 Å². The standard InChI is InChI=1S/C14H18ClNO2S2/c1-17-9-10(18-2)8-16-14(11-4-3-7-19-11)12-5-6-13(15)20-12/h3-7,10,14,16H,8-9H2,1-2H3. The summed E-state index contributed by atoms with van der Waals surface area (Å²) in [5.41, 5.74) is 0. The monoisotopic (exact) mass is 331 g/mol. The Kier molecular flexibility index (Phi) is 6.48. The van der Waals surface area contributed by atoms with Crippen LogP contribution in [-0.4, -0.2) is 33.5 Å². The molecule has 110 valence electrons. The predicted molar refractivity (Wildman–Crippen MR) is 86.2 cm³/mol. The van der Waals surface area contributed by atoms with Gasteiger partial charge in [0.2, 0.25) is 0 Å². The molecule has 0 bridgehead atoms. The third-order valence-electron chi connectivity index (χ3n) is 2.94. The van der Waals surface area contributed by atoms with Crippen molar-refractivity contribution in [1.29, 1.82) is 0 Å². The number of nitrogens with one attached hydrogen (secondary N) is 1. The van der Waals surface area contributed by atoms with Gasteiger partial charge in [-0.1, -0.05) is 17.7 Å². The van der Waals surface area contributed by atoms with Crippen LogP contribution in [0.25, 0.3) is 0 Å². The zero-order valence-corrected chi connectivity index (χ0v) is 13.9. The number of hydrogen-bond acceptors (Lipinski definition) is 5. The van der Waals surface area contributed by atoms with Crippen molar-refractivity contribution in [3.8, 4) is 0 Å². The first-order valence-electron chi connectivity index (χ1n) is 6.28. The lowest BCUT2D eigenvalue weighted by molar-refractivity contribution is 0.0280. The highest BCUT2D eigenvalue weighted by atomic mass is 35.5. The average molecular weight is 332 g/mol. The normalized spacial score (nSPS) is 14.3. The minimum absolute atomic E-state index is 0.0397. The zero-order chi connectivity index (χ0) is 14.4. The molecule has 0 aliphatic heterocycles. The lowest BCUT2D eigenvalue weighted by atomic mass is 10.2. The van der Waals surface area contributed by atoms with Crippen LogP contribution in [0.4, 0.5) is 0 Å². The van der Waals surface area contributed by atoms with E-state index in [1.807, 2.05) is 6.07 Å². The molecule has 0 aliphatic carbocycles. The number of ether oxygens (including phenoxy) is 2. The molecule has 0 amide bonds. The smallest absolute Gasteiger partial charge is 0.0931 e. The molecule has 6 heteroatoms. The van der Waals surface area contributed by atoms with Crippen molar-refractivity contribution in [1.82, 2.24) is 5.32 Å². The fourth-order valence-corrected chi connectivity index (χ4v) is 3.97. The summed E-state index contributed by atoms with van der Waals surface area (Å²) in [4.78, 5) is 2.49. The van der Waals surface area contributed by atoms with Crippen molar-refractivity contribution in [3.63, 3.8) is 0 Å². The maximum atomic E-state index is 6.06. The number of thiophene rings is 2. The topological polar surface area (TPSA) is 30.5 Å². The van der Waals surface area contributed by atoms with Crippen LogP contribution in [0, 0.1) is 0 Å². The molecule has 3 nitrogen and oxygen atoms in total. The van der Waals surface area contributed by atoms with Gasteiger partial charge in [0.1, 0.15) is 0 Å². The number of rotatable bonds is 8. The molecule has 2 heterocycles. The number of hydrogen-bond donors (Lipinski definition) is 1. The number of halogens is 1. The Labute approximate surface area is 132 Å². The molecule has 20 heavy (non-hydrogen) atoms. The van der Waals surface area contributed by atoms with Gasteiger partial charge in [-0.2, -0.15) is 0 Å². The van der Waals surface area contributed by atoms with E-state index in [4.69, 9.17) is 21.1 Å². The summed E-state index contributed by atoms with van der Waals surface area (Å²) in [6, 6.07) is 8.36. The molecule has 2 atom stereocenters. The number of methoxy groups -OCH3 is 2. The van der Waals surface area contributed by atoms with Crippen molar-refractivity contribution < 1.29 is 9.47 Å². The summed E-state index contributed by atoms with van der Waals surface area (Å²) in [6.07, 6.45) is 0.0397. The van der Waals surface area contributed by atoms with E-state index in [-0.39, 0.29) is 12.1 Å². The predicted octanol–water partition coefficient (Wildman–Crippen LogP) is 3.80. The van der Waals surface area contributed by atoms with E-state index in [2.05, 4.69) is 28.9 Å². The molecule has 0 fully saturated rings. The molecular weight excluding hydrogens is 314 g/mol. The van der Waals surface area contributed by atoms with Crippen molar-refractivity contribution >= 4 is 34.3 Å². The van der Waals surface area contributed by atoms with Gasteiger partial charge >= 0.3 is 0 Å². The molecule has 0 saturated heterocycles. The van der Waals surface area contributed by atoms with E-state index in [1.165, 1.54) is 9.75 Å². The minimum Gasteiger partial charge on any atom is -0.382 e. The highest BCUT2D eigenvalue weighted by Crippen LogP contribution is 2.33. The van der Waals surface area contributed by atoms with Crippen LogP contribution in [-0.2, 0) is 9.47 Å². The van der Waals surface area contributed by atoms with E-state index in [1.54, 1.807) is 36.9 Å². The molecule has 1 N–H and O–H groups in total. The van der Waals surface area contributed by atoms with Gasteiger partial charge in [0, 0.05) is 30.5 Å². The summed E-state index contributed by atoms with van der Waals surface area (Å²) >= 11 is 9.40. The Morgan fingerprint density at radius 3 is 2.65 bits per heavy atom. The Morgan fingerprint density at radius 1 is 1.25 bits per heavy atom. The van der Waals surface area contributed by atoms with Gasteiger partial charge in [-0.05, 0) is 23.6 Å². The van der Waals surface area contributed by atoms with Gasteiger partial charge in [-0.25, -0.2) is 0 Å². The molecule has 0 radical (unpaired) electrons. The zero-order valence-electron chi connectivity index (χ0n) is 11.5. The maximum Gasteiger partial charge on any atom is 0.0931 e. The summed E-state index contributed by atoms with van der Waals surface area (Å²) in [7, 11) is 3.38. The second kappa shape index (κ2) is 8.12. The molecule has 0 saturated carbocycles. The largest absolute Gasteiger partial charge is 0.382 e. The summed E-state index contributed by atoms with van der Waals surface area (Å²) in [6.45, 7) is 1.30. The van der Waals surface area contributed by atoms with E-state index < -0.39 is 0 Å². The van der Waals surface area contributed by atoms with E-state index in [9.17, 15) is 0 Å². The summed E-state index contributed by atoms with van der Waals surface area (Å²) in [5, 5.41) is 5.63. The first-order chi connectivity index (χ1) is 9.74. The molecule has 2 unspecified atom stereocenters. The van der Waals surface area contributed by atoms with Gasteiger partial charge < -0.3 is 14.8 Å². The molecule has 0 spiro atoms.